The van der Waals surface area contributed by atoms with Crippen molar-refractivity contribution in [2.45, 2.75) is 62.7 Å². The number of aromatic nitrogens is 2. The number of rotatable bonds is 4. The van der Waals surface area contributed by atoms with Crippen LogP contribution >= 0.6 is 0 Å². The number of hydrogen-bond donors (Lipinski definition) is 1. The summed E-state index contributed by atoms with van der Waals surface area (Å²) in [5, 5.41) is 4.13. The fourth-order valence-electron chi connectivity index (χ4n) is 3.30. The van der Waals surface area contributed by atoms with E-state index in [1.165, 1.54) is 19.3 Å². The van der Waals surface area contributed by atoms with Crippen molar-refractivity contribution in [2.24, 2.45) is 11.7 Å². The molecular weight excluding hydrogens is 230 g/mol. The SMILES string of the molecule is NC(Cc1nc(C2CC3CCC2O3)no1)C1CC1. The van der Waals surface area contributed by atoms with Crippen LogP contribution < -0.4 is 5.73 Å². The lowest BCUT2D eigenvalue weighted by molar-refractivity contribution is 0.0996. The quantitative estimate of drug-likeness (QED) is 0.872. The third kappa shape index (κ3) is 1.86. The molecule has 0 amide bonds. The zero-order valence-corrected chi connectivity index (χ0v) is 10.4. The third-order valence-electron chi connectivity index (χ3n) is 4.56. The van der Waals surface area contributed by atoms with Crippen LogP contribution in [0, 0.1) is 5.92 Å². The summed E-state index contributed by atoms with van der Waals surface area (Å²) in [6, 6.07) is 0.189. The van der Waals surface area contributed by atoms with Crippen LogP contribution in [0.3, 0.4) is 0 Å². The van der Waals surface area contributed by atoms with Crippen molar-refractivity contribution in [1.29, 1.82) is 0 Å². The first-order valence-corrected chi connectivity index (χ1v) is 7.03. The fourth-order valence-corrected chi connectivity index (χ4v) is 3.30. The van der Waals surface area contributed by atoms with Crippen molar-refractivity contribution in [3.63, 3.8) is 0 Å². The van der Waals surface area contributed by atoms with Gasteiger partial charge in [0.05, 0.1) is 18.1 Å². The van der Waals surface area contributed by atoms with Crippen molar-refractivity contribution in [3.05, 3.63) is 11.7 Å². The fraction of sp³-hybridized carbons (Fsp3) is 0.846. The summed E-state index contributed by atoms with van der Waals surface area (Å²) in [4.78, 5) is 4.52. The van der Waals surface area contributed by atoms with Crippen molar-refractivity contribution in [1.82, 2.24) is 10.1 Å². The minimum atomic E-state index is 0.189. The molecule has 1 aliphatic carbocycles. The Hall–Kier alpha value is -0.940. The van der Waals surface area contributed by atoms with Gasteiger partial charge < -0.3 is 15.0 Å². The van der Waals surface area contributed by atoms with E-state index in [1.807, 2.05) is 0 Å². The highest BCUT2D eigenvalue weighted by Crippen LogP contribution is 2.43. The number of nitrogens with two attached hydrogens (primary N) is 1. The molecule has 5 nitrogen and oxygen atoms in total. The van der Waals surface area contributed by atoms with Crippen LogP contribution in [0.1, 0.15) is 49.7 Å². The Labute approximate surface area is 106 Å². The molecule has 5 heteroatoms. The summed E-state index contributed by atoms with van der Waals surface area (Å²) in [7, 11) is 0. The molecule has 3 heterocycles. The van der Waals surface area contributed by atoms with Crippen LogP contribution in [-0.4, -0.2) is 28.4 Å². The lowest BCUT2D eigenvalue weighted by Crippen LogP contribution is -2.25. The molecule has 2 bridgehead atoms. The van der Waals surface area contributed by atoms with E-state index < -0.39 is 0 Å². The van der Waals surface area contributed by atoms with Crippen molar-refractivity contribution in [3.8, 4) is 0 Å². The Morgan fingerprint density at radius 2 is 2.17 bits per heavy atom. The first kappa shape index (κ1) is 10.9. The zero-order valence-electron chi connectivity index (χ0n) is 10.4. The number of nitrogens with zero attached hydrogens (tertiary/aromatic N) is 2. The first-order chi connectivity index (χ1) is 8.79. The van der Waals surface area contributed by atoms with Gasteiger partial charge in [0.2, 0.25) is 5.89 Å². The summed E-state index contributed by atoms with van der Waals surface area (Å²) in [5.74, 6) is 2.55. The highest BCUT2D eigenvalue weighted by molar-refractivity contribution is 5.07. The largest absolute Gasteiger partial charge is 0.374 e. The molecule has 3 fully saturated rings. The van der Waals surface area contributed by atoms with Gasteiger partial charge in [0, 0.05) is 12.5 Å². The standard InChI is InChI=1S/C13H19N3O2/c14-10(7-1-2-7)6-12-15-13(16-18-12)9-5-8-3-4-11(9)17-8/h7-11H,1-6,14H2. The summed E-state index contributed by atoms with van der Waals surface area (Å²) in [6.45, 7) is 0. The topological polar surface area (TPSA) is 74.2 Å². The molecule has 1 saturated carbocycles. The molecule has 3 aliphatic rings. The molecule has 1 aromatic heterocycles. The Morgan fingerprint density at radius 3 is 2.83 bits per heavy atom. The Bertz CT molecular complexity index is 443. The summed E-state index contributed by atoms with van der Waals surface area (Å²) in [5.41, 5.74) is 6.08. The predicted molar refractivity (Wildman–Crippen MR) is 64.0 cm³/mol. The molecular formula is C13H19N3O2. The Balaban J connectivity index is 1.45. The highest BCUT2D eigenvalue weighted by Gasteiger charge is 2.43. The molecule has 1 aromatic rings. The lowest BCUT2D eigenvalue weighted by Gasteiger charge is -2.13. The van der Waals surface area contributed by atoms with Crippen LogP contribution in [0.15, 0.2) is 4.52 Å². The van der Waals surface area contributed by atoms with Crippen molar-refractivity contribution >= 4 is 0 Å². The van der Waals surface area contributed by atoms with Gasteiger partial charge in [-0.05, 0) is 38.0 Å². The third-order valence-corrected chi connectivity index (χ3v) is 4.56. The van der Waals surface area contributed by atoms with Crippen molar-refractivity contribution in [2.75, 3.05) is 0 Å². The minimum absolute atomic E-state index is 0.189. The Morgan fingerprint density at radius 1 is 1.28 bits per heavy atom. The average Bonchev–Trinajstić information content (AvgIpc) is 2.81. The smallest absolute Gasteiger partial charge is 0.228 e. The molecule has 0 radical (unpaired) electrons. The second kappa shape index (κ2) is 4.03. The van der Waals surface area contributed by atoms with Gasteiger partial charge in [0.1, 0.15) is 0 Å². The number of hydrogen-bond acceptors (Lipinski definition) is 5. The molecule has 2 aliphatic heterocycles. The van der Waals surface area contributed by atoms with Gasteiger partial charge in [-0.2, -0.15) is 4.98 Å². The summed E-state index contributed by atoms with van der Waals surface area (Å²) in [6.07, 6.45) is 7.36. The van der Waals surface area contributed by atoms with E-state index in [1.54, 1.807) is 0 Å². The van der Waals surface area contributed by atoms with Crippen LogP contribution in [0.25, 0.3) is 0 Å². The average molecular weight is 249 g/mol. The molecule has 4 unspecified atom stereocenters. The van der Waals surface area contributed by atoms with E-state index in [0.717, 1.165) is 25.1 Å². The van der Waals surface area contributed by atoms with E-state index >= 15 is 0 Å². The summed E-state index contributed by atoms with van der Waals surface area (Å²) < 4.78 is 11.2. The minimum Gasteiger partial charge on any atom is -0.374 e. The van der Waals surface area contributed by atoms with Gasteiger partial charge in [-0.15, -0.1) is 0 Å². The number of ether oxygens (including phenoxy) is 1. The molecule has 18 heavy (non-hydrogen) atoms. The van der Waals surface area contributed by atoms with Gasteiger partial charge >= 0.3 is 0 Å². The van der Waals surface area contributed by atoms with E-state index in [4.69, 9.17) is 15.0 Å². The normalized spacial score (nSPS) is 36.2. The van der Waals surface area contributed by atoms with Crippen molar-refractivity contribution < 1.29 is 9.26 Å². The molecule has 0 spiro atoms. The van der Waals surface area contributed by atoms with E-state index in [9.17, 15) is 0 Å². The predicted octanol–water partition coefficient (Wildman–Crippen LogP) is 1.38. The van der Waals surface area contributed by atoms with Crippen LogP contribution in [0.4, 0.5) is 0 Å². The maximum atomic E-state index is 6.08. The van der Waals surface area contributed by atoms with Gasteiger partial charge in [-0.1, -0.05) is 5.16 Å². The van der Waals surface area contributed by atoms with Gasteiger partial charge in [0.25, 0.3) is 0 Å². The first-order valence-electron chi connectivity index (χ1n) is 7.03. The Kier molecular flexibility index (Phi) is 2.45. The van der Waals surface area contributed by atoms with Gasteiger partial charge in [0.15, 0.2) is 5.82 Å². The molecule has 4 atom stereocenters. The molecule has 2 saturated heterocycles. The molecule has 4 rings (SSSR count). The lowest BCUT2D eigenvalue weighted by atomic mass is 9.89. The maximum Gasteiger partial charge on any atom is 0.228 e. The van der Waals surface area contributed by atoms with E-state index in [0.29, 0.717) is 29.9 Å². The van der Waals surface area contributed by atoms with Gasteiger partial charge in [-0.3, -0.25) is 0 Å². The van der Waals surface area contributed by atoms with Crippen LogP contribution in [0.2, 0.25) is 0 Å². The summed E-state index contributed by atoms with van der Waals surface area (Å²) >= 11 is 0. The van der Waals surface area contributed by atoms with E-state index in [-0.39, 0.29) is 6.04 Å². The van der Waals surface area contributed by atoms with Crippen LogP contribution in [-0.2, 0) is 11.2 Å². The second-order valence-electron chi connectivity index (χ2n) is 5.97. The monoisotopic (exact) mass is 249 g/mol. The van der Waals surface area contributed by atoms with Gasteiger partial charge in [-0.25, -0.2) is 0 Å². The number of fused-ring (bicyclic) bond motifs is 2. The maximum absolute atomic E-state index is 6.08. The second-order valence-corrected chi connectivity index (χ2v) is 5.97. The van der Waals surface area contributed by atoms with Crippen LogP contribution in [0.5, 0.6) is 0 Å². The molecule has 98 valence electrons. The molecule has 2 N–H and O–H groups in total. The molecule has 0 aromatic carbocycles. The highest BCUT2D eigenvalue weighted by atomic mass is 16.5. The van der Waals surface area contributed by atoms with E-state index in [2.05, 4.69) is 10.1 Å². The zero-order chi connectivity index (χ0) is 12.1.